The van der Waals surface area contributed by atoms with Gasteiger partial charge in [0, 0.05) is 85.6 Å². The standard InChI is InChI=1S/C56H78N6O22S4/c1-54(2,3)83-52(67)58-28-14-12-17-43(51(66)57-29-32-81-33-34-82-53(68)84-62-49(64)25-26-50(62)65)59-48(63)20-11-8-13-27-56(6)42-38-40(88(78,79)80)22-24-45(42)61(31-16-36-86(72,73)74)47(56)19-10-7-9-18-46-55(4,5)41-37-39(87(75,76)77)21-23-44(41)60(46)30-15-35-85(69,70)71/h7,9-10,18-19,21-24,37-38,43H,8,11-17,20,25-36H2,1-6H3,(H6-,57,58,59,63,66,67,69,70,71,72,73,74,75,76,77,78,79,80). The minimum absolute atomic E-state index is 0.0108. The summed E-state index contributed by atoms with van der Waals surface area (Å²) in [6.45, 7) is 10.4. The predicted octanol–water partition coefficient (Wildman–Crippen LogP) is 5.02. The number of nitrogens with zero attached hydrogens (tertiary/aromatic N) is 3. The number of benzene rings is 2. The maximum Gasteiger partial charge on any atom is 0.534 e. The fourth-order valence-corrected chi connectivity index (χ4v) is 12.3. The van der Waals surface area contributed by atoms with E-state index in [9.17, 15) is 80.6 Å². The molecule has 0 saturated carbocycles. The van der Waals surface area contributed by atoms with Crippen LogP contribution in [0.3, 0.4) is 0 Å². The zero-order valence-corrected chi connectivity index (χ0v) is 53.1. The van der Waals surface area contributed by atoms with E-state index in [2.05, 4.69) is 20.8 Å². The zero-order chi connectivity index (χ0) is 65.5. The van der Waals surface area contributed by atoms with E-state index in [0.717, 1.165) is 0 Å². The van der Waals surface area contributed by atoms with Gasteiger partial charge in [-0.25, -0.2) is 18.0 Å². The predicted molar refractivity (Wildman–Crippen MR) is 317 cm³/mol. The van der Waals surface area contributed by atoms with E-state index < -0.39 is 115 Å². The van der Waals surface area contributed by atoms with Gasteiger partial charge in [0.05, 0.1) is 44.3 Å². The Morgan fingerprint density at radius 2 is 1.42 bits per heavy atom. The van der Waals surface area contributed by atoms with Crippen LogP contribution in [0.15, 0.2) is 82.3 Å². The van der Waals surface area contributed by atoms with Gasteiger partial charge in [0.1, 0.15) is 24.8 Å². The normalized spacial score (nSPS) is 17.9. The lowest BCUT2D eigenvalue weighted by molar-refractivity contribution is -0.437. The van der Waals surface area contributed by atoms with Gasteiger partial charge in [-0.05, 0) is 122 Å². The molecule has 0 aliphatic carbocycles. The molecule has 1 fully saturated rings. The molecule has 5 amide bonds. The number of carbonyl (C=O) groups excluding carboxylic acids is 6. The van der Waals surface area contributed by atoms with E-state index in [1.165, 1.54) is 36.4 Å². The number of carbonyl (C=O) groups is 6. The number of rotatable bonds is 33. The van der Waals surface area contributed by atoms with Crippen molar-refractivity contribution in [3.63, 3.8) is 0 Å². The third kappa shape index (κ3) is 21.5. The molecular weight excluding hydrogens is 1240 g/mol. The fourth-order valence-electron chi connectivity index (χ4n) is 10.3. The van der Waals surface area contributed by atoms with Crippen molar-refractivity contribution in [3.8, 4) is 0 Å². The molecule has 0 aromatic heterocycles. The summed E-state index contributed by atoms with van der Waals surface area (Å²) in [7, 11) is -18.3. The first-order valence-corrected chi connectivity index (χ1v) is 34.4. The smallest absolute Gasteiger partial charge is 0.534 e. The number of amides is 5. The summed E-state index contributed by atoms with van der Waals surface area (Å²) in [4.78, 5) is 80.1. The summed E-state index contributed by atoms with van der Waals surface area (Å²) in [5, 5.41) is 8.48. The Morgan fingerprint density at radius 3 is 2.06 bits per heavy atom. The van der Waals surface area contributed by atoms with Gasteiger partial charge < -0.3 is 39.6 Å². The van der Waals surface area contributed by atoms with Gasteiger partial charge in [-0.15, -0.1) is 0 Å². The van der Waals surface area contributed by atoms with Gasteiger partial charge in [-0.1, -0.05) is 36.1 Å². The number of ether oxygens (including phenoxy) is 3. The van der Waals surface area contributed by atoms with Gasteiger partial charge in [0.2, 0.25) is 17.5 Å². The Hall–Kier alpha value is -6.65. The van der Waals surface area contributed by atoms with Gasteiger partial charge in [0.25, 0.3) is 42.2 Å². The van der Waals surface area contributed by atoms with Crippen molar-refractivity contribution < 1.29 is 104 Å². The van der Waals surface area contributed by atoms with Crippen LogP contribution in [0, 0.1) is 0 Å². The number of anilines is 1. The maximum absolute atomic E-state index is 13.5. The van der Waals surface area contributed by atoms with Crippen LogP contribution in [0.4, 0.5) is 21.0 Å². The summed E-state index contributed by atoms with van der Waals surface area (Å²) in [5.41, 5.74) is 0.438. The molecule has 3 aliphatic heterocycles. The maximum atomic E-state index is 13.5. The van der Waals surface area contributed by atoms with Crippen molar-refractivity contribution in [3.05, 3.63) is 83.6 Å². The van der Waals surface area contributed by atoms with Crippen LogP contribution in [0.2, 0.25) is 0 Å². The average Bonchev–Trinajstić information content (AvgIpc) is 1.93. The Bertz CT molecular complexity index is 3510. The summed E-state index contributed by atoms with van der Waals surface area (Å²) in [6.07, 6.45) is 8.65. The van der Waals surface area contributed by atoms with Crippen LogP contribution in [0.25, 0.3) is 0 Å². The highest BCUT2D eigenvalue weighted by Crippen LogP contribution is 2.51. The average molecular weight is 1320 g/mol. The van der Waals surface area contributed by atoms with E-state index in [1.807, 2.05) is 6.92 Å². The molecule has 28 nitrogen and oxygen atoms in total. The minimum atomic E-state index is -4.74. The molecule has 0 spiro atoms. The summed E-state index contributed by atoms with van der Waals surface area (Å²) < 4.78 is 155. The lowest BCUT2D eigenvalue weighted by Gasteiger charge is -2.30. The first-order valence-electron chi connectivity index (χ1n) is 28.3. The van der Waals surface area contributed by atoms with Crippen LogP contribution < -0.4 is 20.9 Å². The number of fused-ring (bicyclic) bond motifs is 2. The first kappa shape index (κ1) is 72.1. The monoisotopic (exact) mass is 1310 g/mol. The molecule has 0 radical (unpaired) electrons. The molecule has 3 aliphatic rings. The van der Waals surface area contributed by atoms with E-state index >= 15 is 0 Å². The number of nitrogens with one attached hydrogen (secondary N) is 3. The van der Waals surface area contributed by atoms with E-state index in [4.69, 9.17) is 14.2 Å². The van der Waals surface area contributed by atoms with Crippen LogP contribution in [-0.4, -0.2) is 172 Å². The number of allylic oxidation sites excluding steroid dienone is 6. The largest absolute Gasteiger partial charge is 0.748 e. The first-order chi connectivity index (χ1) is 40.9. The Kier molecular flexibility index (Phi) is 25.2. The molecule has 6 N–H and O–H groups in total. The van der Waals surface area contributed by atoms with Crippen molar-refractivity contribution >= 4 is 93.4 Å². The topological polar surface area (TPSA) is 405 Å². The molecule has 32 heteroatoms. The van der Waals surface area contributed by atoms with Crippen LogP contribution in [0.1, 0.15) is 130 Å². The zero-order valence-electron chi connectivity index (χ0n) is 49.9. The molecular formula is C56H78N6O22S4. The number of unbranched alkanes of at least 4 members (excludes halogenated alkanes) is 3. The molecule has 488 valence electrons. The van der Waals surface area contributed by atoms with Crippen molar-refractivity contribution in [2.24, 2.45) is 0 Å². The lowest BCUT2D eigenvalue weighted by atomic mass is 9.77. The number of imide groups is 1. The Balaban J connectivity index is 1.31. The molecule has 88 heavy (non-hydrogen) atoms. The highest BCUT2D eigenvalue weighted by Gasteiger charge is 2.46. The number of hydrogen-bond donors (Lipinski definition) is 6. The Morgan fingerprint density at radius 1 is 0.761 bits per heavy atom. The quantitative estimate of drug-likeness (QED) is 0.0136. The second-order valence-corrected chi connectivity index (χ2v) is 28.7. The highest BCUT2D eigenvalue weighted by molar-refractivity contribution is 7.86. The minimum Gasteiger partial charge on any atom is -0.748 e. The SMILES string of the molecule is CC(C)(C)OC(=O)NCCCCC(NC(=O)CCCCCC1(C)\C(=C/C=C/C=C/C2=[N+](CCCS(=O)(=O)O)c3ccc(S(=O)(=O)O)cc3C2(C)C)N(CCCS(=O)(=O)[O-])c2ccc(S(=O)(=O)O)cc21)C(=O)NCCOCCOC(=O)ON1C(=O)CCC1=O. The molecule has 3 heterocycles. The van der Waals surface area contributed by atoms with Crippen LogP contribution in [-0.2, 0) is 89.5 Å². The van der Waals surface area contributed by atoms with Crippen molar-refractivity contribution in [1.29, 1.82) is 0 Å². The van der Waals surface area contributed by atoms with E-state index in [1.54, 1.807) is 74.5 Å². The van der Waals surface area contributed by atoms with Gasteiger partial charge >= 0.3 is 12.2 Å². The molecule has 2 unspecified atom stereocenters. The van der Waals surface area contributed by atoms with Gasteiger partial charge in [-0.3, -0.25) is 37.7 Å². The lowest BCUT2D eigenvalue weighted by Crippen LogP contribution is -2.47. The number of alkyl carbamates (subject to hydrolysis) is 1. The molecule has 2 aromatic rings. The number of hydrogen-bond acceptors (Lipinski definition) is 20. The fraction of sp³-hybridized carbons (Fsp3) is 0.554. The van der Waals surface area contributed by atoms with Crippen molar-refractivity contribution in [1.82, 2.24) is 21.0 Å². The van der Waals surface area contributed by atoms with Gasteiger partial charge in [0.15, 0.2) is 5.71 Å². The highest BCUT2D eigenvalue weighted by atomic mass is 32.2. The third-order valence-corrected chi connectivity index (χ3v) is 17.7. The molecule has 5 rings (SSSR count). The van der Waals surface area contributed by atoms with E-state index in [0.29, 0.717) is 77.5 Å². The molecule has 2 atom stereocenters. The van der Waals surface area contributed by atoms with Crippen molar-refractivity contribution in [2.75, 3.05) is 62.4 Å². The number of hydroxylamine groups is 2. The second-order valence-electron chi connectivity index (χ2n) is 22.8. The van der Waals surface area contributed by atoms with E-state index in [-0.39, 0.29) is 89.4 Å². The molecule has 0 bridgehead atoms. The van der Waals surface area contributed by atoms with Crippen molar-refractivity contribution in [2.45, 2.75) is 151 Å². The van der Waals surface area contributed by atoms with Crippen LogP contribution >= 0.6 is 0 Å². The molecule has 1 saturated heterocycles. The van der Waals surface area contributed by atoms with Crippen LogP contribution in [0.5, 0.6) is 0 Å². The second kappa shape index (κ2) is 30.7. The third-order valence-electron chi connectivity index (χ3n) is 14.4. The molecule has 2 aromatic carbocycles. The summed E-state index contributed by atoms with van der Waals surface area (Å²) in [5.74, 6) is -3.62. The Labute approximate surface area is 513 Å². The summed E-state index contributed by atoms with van der Waals surface area (Å²) >= 11 is 0. The summed E-state index contributed by atoms with van der Waals surface area (Å²) in [6, 6.07) is 7.01. The van der Waals surface area contributed by atoms with Gasteiger partial charge in [-0.2, -0.15) is 29.8 Å².